The monoisotopic (exact) mass is 268 g/mol. The van der Waals surface area contributed by atoms with Gasteiger partial charge >= 0.3 is 0 Å². The molecule has 0 amide bonds. The zero-order valence-electron chi connectivity index (χ0n) is 12.9. The average molecular weight is 268 g/mol. The van der Waals surface area contributed by atoms with Gasteiger partial charge in [-0.25, -0.2) is 0 Å². The van der Waals surface area contributed by atoms with Crippen LogP contribution in [0.25, 0.3) is 0 Å². The van der Waals surface area contributed by atoms with Gasteiger partial charge < -0.3 is 10.1 Å². The summed E-state index contributed by atoms with van der Waals surface area (Å²) in [6.07, 6.45) is 8.59. The maximum Gasteiger partial charge on any atom is 0.0730 e. The highest BCUT2D eigenvalue weighted by atomic mass is 16.5. The minimum atomic E-state index is 0.543. The van der Waals surface area contributed by atoms with Crippen LogP contribution >= 0.6 is 0 Å². The number of unbranched alkanes of at least 4 members (excludes halogenated alkanes) is 1. The molecule has 2 unspecified atom stereocenters. The third-order valence-electron chi connectivity index (χ3n) is 4.45. The van der Waals surface area contributed by atoms with E-state index in [2.05, 4.69) is 24.1 Å². The van der Waals surface area contributed by atoms with Crippen LogP contribution in [0.4, 0.5) is 0 Å². The van der Waals surface area contributed by atoms with Gasteiger partial charge in [0, 0.05) is 12.6 Å². The molecule has 0 bridgehead atoms. The maximum atomic E-state index is 5.93. The Morgan fingerprint density at radius 3 is 2.89 bits per heavy atom. The first-order chi connectivity index (χ1) is 9.27. The molecule has 0 radical (unpaired) electrons. The molecule has 1 aliphatic heterocycles. The molecule has 1 N–H and O–H groups in total. The highest BCUT2D eigenvalue weighted by Crippen LogP contribution is 2.28. The van der Waals surface area contributed by atoms with Crippen LogP contribution in [-0.2, 0) is 4.74 Å². The first kappa shape index (κ1) is 15.3. The standard InChI is InChI=1S/C16H32N2O/c1-14(2)13-17-9-5-6-10-18-11-12-19-16-8-4-3-7-15(16)18/h14-17H,3-13H2,1-2H3. The highest BCUT2D eigenvalue weighted by molar-refractivity contribution is 4.87. The van der Waals surface area contributed by atoms with E-state index in [4.69, 9.17) is 4.74 Å². The van der Waals surface area contributed by atoms with Gasteiger partial charge in [-0.15, -0.1) is 0 Å². The van der Waals surface area contributed by atoms with Gasteiger partial charge in [0.15, 0.2) is 0 Å². The van der Waals surface area contributed by atoms with Gasteiger partial charge in [-0.05, 0) is 51.2 Å². The van der Waals surface area contributed by atoms with Crippen molar-refractivity contribution < 1.29 is 4.74 Å². The predicted molar refractivity (Wildman–Crippen MR) is 80.5 cm³/mol. The lowest BCUT2D eigenvalue weighted by molar-refractivity contribution is -0.0882. The fourth-order valence-electron chi connectivity index (χ4n) is 3.41. The van der Waals surface area contributed by atoms with E-state index >= 15 is 0 Å². The number of fused-ring (bicyclic) bond motifs is 1. The average Bonchev–Trinajstić information content (AvgIpc) is 2.42. The second-order valence-electron chi connectivity index (χ2n) is 6.60. The Kier molecular flexibility index (Phi) is 6.62. The number of hydrogen-bond acceptors (Lipinski definition) is 3. The van der Waals surface area contributed by atoms with Crippen molar-refractivity contribution in [2.24, 2.45) is 5.92 Å². The summed E-state index contributed by atoms with van der Waals surface area (Å²) < 4.78 is 5.93. The number of rotatable bonds is 7. The van der Waals surface area contributed by atoms with Crippen molar-refractivity contribution in [3.05, 3.63) is 0 Å². The molecular weight excluding hydrogens is 236 g/mol. The Hall–Kier alpha value is -0.120. The zero-order chi connectivity index (χ0) is 13.5. The Balaban J connectivity index is 1.59. The van der Waals surface area contributed by atoms with E-state index in [0.29, 0.717) is 6.10 Å². The van der Waals surface area contributed by atoms with E-state index < -0.39 is 0 Å². The van der Waals surface area contributed by atoms with Crippen molar-refractivity contribution in [1.29, 1.82) is 0 Å². The first-order valence-electron chi connectivity index (χ1n) is 8.33. The summed E-state index contributed by atoms with van der Waals surface area (Å²) in [5.74, 6) is 0.766. The predicted octanol–water partition coefficient (Wildman–Crippen LogP) is 2.66. The van der Waals surface area contributed by atoms with Crippen molar-refractivity contribution in [2.45, 2.75) is 64.5 Å². The molecule has 2 fully saturated rings. The third kappa shape index (κ3) is 5.05. The number of morpholine rings is 1. The summed E-state index contributed by atoms with van der Waals surface area (Å²) in [7, 11) is 0. The van der Waals surface area contributed by atoms with Crippen LogP contribution in [0, 0.1) is 5.92 Å². The number of nitrogens with zero attached hydrogens (tertiary/aromatic N) is 1. The van der Waals surface area contributed by atoms with Gasteiger partial charge in [0.2, 0.25) is 0 Å². The van der Waals surface area contributed by atoms with Crippen molar-refractivity contribution in [2.75, 3.05) is 32.8 Å². The van der Waals surface area contributed by atoms with Crippen LogP contribution in [0.3, 0.4) is 0 Å². The molecule has 2 atom stereocenters. The third-order valence-corrected chi connectivity index (χ3v) is 4.45. The molecule has 3 nitrogen and oxygen atoms in total. The van der Waals surface area contributed by atoms with Gasteiger partial charge in [-0.2, -0.15) is 0 Å². The first-order valence-corrected chi connectivity index (χ1v) is 8.33. The van der Waals surface area contributed by atoms with Crippen molar-refractivity contribution in [3.8, 4) is 0 Å². The van der Waals surface area contributed by atoms with E-state index in [1.54, 1.807) is 0 Å². The topological polar surface area (TPSA) is 24.5 Å². The fourth-order valence-corrected chi connectivity index (χ4v) is 3.41. The summed E-state index contributed by atoms with van der Waals surface area (Å²) in [5.41, 5.74) is 0. The van der Waals surface area contributed by atoms with E-state index in [1.165, 1.54) is 51.6 Å². The molecule has 0 aromatic carbocycles. The van der Waals surface area contributed by atoms with Gasteiger partial charge in [0.1, 0.15) is 0 Å². The zero-order valence-corrected chi connectivity index (χ0v) is 12.9. The van der Waals surface area contributed by atoms with Gasteiger partial charge in [-0.1, -0.05) is 26.7 Å². The van der Waals surface area contributed by atoms with Crippen LogP contribution < -0.4 is 5.32 Å². The lowest BCUT2D eigenvalue weighted by Gasteiger charge is -2.43. The lowest BCUT2D eigenvalue weighted by Crippen LogP contribution is -2.52. The normalized spacial score (nSPS) is 28.6. The molecule has 0 aromatic heterocycles. The molecule has 1 heterocycles. The second kappa shape index (κ2) is 8.23. The van der Waals surface area contributed by atoms with Gasteiger partial charge in [0.25, 0.3) is 0 Å². The molecule has 1 saturated heterocycles. The second-order valence-corrected chi connectivity index (χ2v) is 6.60. The Labute approximate surface area is 119 Å². The maximum absolute atomic E-state index is 5.93. The fraction of sp³-hybridized carbons (Fsp3) is 1.00. The minimum Gasteiger partial charge on any atom is -0.375 e. The lowest BCUT2D eigenvalue weighted by atomic mass is 9.90. The molecule has 1 saturated carbocycles. The Bertz CT molecular complexity index is 243. The summed E-state index contributed by atoms with van der Waals surface area (Å²) in [4.78, 5) is 2.70. The van der Waals surface area contributed by atoms with Crippen molar-refractivity contribution in [3.63, 3.8) is 0 Å². The smallest absolute Gasteiger partial charge is 0.0730 e. The van der Waals surface area contributed by atoms with Gasteiger partial charge in [0.05, 0.1) is 12.7 Å². The molecule has 112 valence electrons. The minimum absolute atomic E-state index is 0.543. The Morgan fingerprint density at radius 1 is 1.21 bits per heavy atom. The van der Waals surface area contributed by atoms with Crippen LogP contribution in [-0.4, -0.2) is 49.8 Å². The number of ether oxygens (including phenoxy) is 1. The van der Waals surface area contributed by atoms with Crippen LogP contribution in [0.2, 0.25) is 0 Å². The van der Waals surface area contributed by atoms with E-state index in [0.717, 1.165) is 31.7 Å². The van der Waals surface area contributed by atoms with E-state index in [9.17, 15) is 0 Å². The van der Waals surface area contributed by atoms with E-state index in [-0.39, 0.29) is 0 Å². The molecule has 0 spiro atoms. The summed E-state index contributed by atoms with van der Waals surface area (Å²) in [5, 5.41) is 3.54. The molecule has 2 aliphatic rings. The number of nitrogens with one attached hydrogen (secondary N) is 1. The molecule has 2 rings (SSSR count). The van der Waals surface area contributed by atoms with Crippen molar-refractivity contribution in [1.82, 2.24) is 10.2 Å². The largest absolute Gasteiger partial charge is 0.375 e. The Morgan fingerprint density at radius 2 is 2.05 bits per heavy atom. The number of hydrogen-bond donors (Lipinski definition) is 1. The van der Waals surface area contributed by atoms with Crippen LogP contribution in [0.1, 0.15) is 52.4 Å². The quantitative estimate of drug-likeness (QED) is 0.718. The summed E-state index contributed by atoms with van der Waals surface area (Å²) in [6.45, 7) is 10.2. The van der Waals surface area contributed by atoms with Gasteiger partial charge in [-0.3, -0.25) is 4.90 Å². The molecule has 1 aliphatic carbocycles. The molecule has 3 heteroatoms. The summed E-state index contributed by atoms with van der Waals surface area (Å²) >= 11 is 0. The van der Waals surface area contributed by atoms with Crippen LogP contribution in [0.15, 0.2) is 0 Å². The van der Waals surface area contributed by atoms with Crippen molar-refractivity contribution >= 4 is 0 Å². The molecular formula is C16H32N2O. The highest BCUT2D eigenvalue weighted by Gasteiger charge is 2.33. The van der Waals surface area contributed by atoms with E-state index in [1.807, 2.05) is 0 Å². The summed E-state index contributed by atoms with van der Waals surface area (Å²) in [6, 6.07) is 0.728. The van der Waals surface area contributed by atoms with Crippen LogP contribution in [0.5, 0.6) is 0 Å². The molecule has 19 heavy (non-hydrogen) atoms. The molecule has 0 aromatic rings. The SMILES string of the molecule is CC(C)CNCCCCN1CCOC2CCCCC21.